The van der Waals surface area contributed by atoms with Crippen molar-refractivity contribution < 1.29 is 18.3 Å². The molecule has 0 atom stereocenters. The third-order valence-corrected chi connectivity index (χ3v) is 2.13. The van der Waals surface area contributed by atoms with Crippen LogP contribution >= 0.6 is 0 Å². The minimum atomic E-state index is -0.514. The maximum absolute atomic E-state index is 13.4. The summed E-state index contributed by atoms with van der Waals surface area (Å²) in [5.74, 6) is -0.302. The van der Waals surface area contributed by atoms with Gasteiger partial charge in [0, 0.05) is 5.56 Å². The van der Waals surface area contributed by atoms with E-state index >= 15 is 0 Å². The topological polar surface area (TPSA) is 52.3 Å². The van der Waals surface area contributed by atoms with E-state index in [2.05, 4.69) is 4.98 Å². The number of rotatable bonds is 3. The molecule has 0 N–H and O–H groups in total. The van der Waals surface area contributed by atoms with Crippen LogP contribution in [0.1, 0.15) is 10.6 Å². The Labute approximate surface area is 90.7 Å². The largest absolute Gasteiger partial charge is 0.494 e. The molecule has 5 heteroatoms. The van der Waals surface area contributed by atoms with E-state index in [0.29, 0.717) is 17.5 Å². The number of oxazole rings is 1. The molecule has 0 saturated heterocycles. The first kappa shape index (κ1) is 10.4. The van der Waals surface area contributed by atoms with Gasteiger partial charge in [-0.2, -0.15) is 0 Å². The highest BCUT2D eigenvalue weighted by atomic mass is 19.1. The van der Waals surface area contributed by atoms with Crippen LogP contribution in [0.4, 0.5) is 4.39 Å². The third-order valence-electron chi connectivity index (χ3n) is 2.13. The van der Waals surface area contributed by atoms with Crippen LogP contribution in [0.25, 0.3) is 11.3 Å². The Hall–Kier alpha value is -2.17. The Balaban J connectivity index is 2.49. The Morgan fingerprint density at radius 1 is 1.50 bits per heavy atom. The van der Waals surface area contributed by atoms with E-state index in [1.54, 1.807) is 6.07 Å². The average Bonchev–Trinajstić information content (AvgIpc) is 2.77. The molecule has 0 aliphatic carbocycles. The average molecular weight is 221 g/mol. The van der Waals surface area contributed by atoms with Gasteiger partial charge in [-0.1, -0.05) is 0 Å². The zero-order valence-corrected chi connectivity index (χ0v) is 8.44. The van der Waals surface area contributed by atoms with Crippen molar-refractivity contribution in [1.82, 2.24) is 4.98 Å². The first-order valence-corrected chi connectivity index (χ1v) is 4.49. The number of ether oxygens (including phenoxy) is 1. The lowest BCUT2D eigenvalue weighted by Crippen LogP contribution is -1.90. The van der Waals surface area contributed by atoms with Crippen molar-refractivity contribution in [3.05, 3.63) is 36.2 Å². The van der Waals surface area contributed by atoms with Gasteiger partial charge in [0.1, 0.15) is 5.69 Å². The van der Waals surface area contributed by atoms with Crippen molar-refractivity contribution >= 4 is 6.29 Å². The molecule has 1 aromatic carbocycles. The summed E-state index contributed by atoms with van der Waals surface area (Å²) >= 11 is 0. The minimum Gasteiger partial charge on any atom is -0.494 e. The number of nitrogens with zero attached hydrogens (tertiary/aromatic N) is 1. The molecule has 1 heterocycles. The molecule has 0 spiro atoms. The van der Waals surface area contributed by atoms with Crippen molar-refractivity contribution in [2.45, 2.75) is 0 Å². The fourth-order valence-corrected chi connectivity index (χ4v) is 1.37. The summed E-state index contributed by atoms with van der Waals surface area (Å²) in [4.78, 5) is 14.5. The second-order valence-corrected chi connectivity index (χ2v) is 3.03. The lowest BCUT2D eigenvalue weighted by Gasteiger charge is -2.03. The van der Waals surface area contributed by atoms with Crippen molar-refractivity contribution in [3.63, 3.8) is 0 Å². The number of methoxy groups -OCH3 is 1. The predicted octanol–water partition coefficient (Wildman–Crippen LogP) is 2.30. The normalized spacial score (nSPS) is 10.1. The first-order valence-electron chi connectivity index (χ1n) is 4.49. The van der Waals surface area contributed by atoms with Crippen molar-refractivity contribution in [1.29, 1.82) is 0 Å². The number of aldehydes is 1. The number of hydrogen-bond donors (Lipinski definition) is 0. The van der Waals surface area contributed by atoms with E-state index < -0.39 is 5.82 Å². The monoisotopic (exact) mass is 221 g/mol. The Bertz CT molecular complexity index is 522. The van der Waals surface area contributed by atoms with Crippen LogP contribution < -0.4 is 4.74 Å². The van der Waals surface area contributed by atoms with Crippen LogP contribution in [-0.2, 0) is 0 Å². The van der Waals surface area contributed by atoms with E-state index in [9.17, 15) is 9.18 Å². The smallest absolute Gasteiger partial charge is 0.194 e. The van der Waals surface area contributed by atoms with Crippen molar-refractivity contribution in [3.8, 4) is 17.0 Å². The van der Waals surface area contributed by atoms with E-state index in [1.807, 2.05) is 0 Å². The number of benzene rings is 1. The fraction of sp³-hybridized carbons (Fsp3) is 0.0909. The summed E-state index contributed by atoms with van der Waals surface area (Å²) in [6.07, 6.45) is 1.67. The molecule has 4 nitrogen and oxygen atoms in total. The molecule has 0 aliphatic rings. The molecule has 0 fully saturated rings. The first-order chi connectivity index (χ1) is 7.76. The summed E-state index contributed by atoms with van der Waals surface area (Å²) in [5.41, 5.74) is 0.783. The standard InChI is InChI=1S/C11H8FNO3/c1-15-9-3-2-7(4-8(9)12)11-10(5-14)16-6-13-11/h2-6H,1H3. The molecule has 2 rings (SSSR count). The molecule has 0 unspecified atom stereocenters. The number of aromatic nitrogens is 1. The second-order valence-electron chi connectivity index (χ2n) is 3.03. The Morgan fingerprint density at radius 3 is 2.94 bits per heavy atom. The molecule has 0 aliphatic heterocycles. The zero-order valence-electron chi connectivity index (χ0n) is 8.44. The lowest BCUT2D eigenvalue weighted by molar-refractivity contribution is 0.110. The van der Waals surface area contributed by atoms with Crippen LogP contribution in [0.15, 0.2) is 29.0 Å². The minimum absolute atomic E-state index is 0.0737. The molecule has 16 heavy (non-hydrogen) atoms. The SMILES string of the molecule is COc1ccc(-c2ncoc2C=O)cc1F. The quantitative estimate of drug-likeness (QED) is 0.746. The van der Waals surface area contributed by atoms with Crippen molar-refractivity contribution in [2.75, 3.05) is 7.11 Å². The predicted molar refractivity (Wildman–Crippen MR) is 53.8 cm³/mol. The van der Waals surface area contributed by atoms with E-state index in [0.717, 1.165) is 6.39 Å². The maximum Gasteiger partial charge on any atom is 0.194 e. The van der Waals surface area contributed by atoms with E-state index in [1.165, 1.54) is 19.2 Å². The number of carbonyl (C=O) groups is 1. The van der Waals surface area contributed by atoms with Gasteiger partial charge in [-0.05, 0) is 18.2 Å². The van der Waals surface area contributed by atoms with Gasteiger partial charge in [0.15, 0.2) is 30.0 Å². The summed E-state index contributed by atoms with van der Waals surface area (Å²) < 4.78 is 23.0. The van der Waals surface area contributed by atoms with Gasteiger partial charge in [-0.3, -0.25) is 4.79 Å². The lowest BCUT2D eigenvalue weighted by atomic mass is 10.1. The summed E-state index contributed by atoms with van der Waals surface area (Å²) in [6, 6.07) is 4.31. The van der Waals surface area contributed by atoms with E-state index in [-0.39, 0.29) is 11.5 Å². The summed E-state index contributed by atoms with van der Waals surface area (Å²) in [5, 5.41) is 0. The third kappa shape index (κ3) is 1.67. The molecule has 82 valence electrons. The molecule has 0 amide bonds. The van der Waals surface area contributed by atoms with Gasteiger partial charge in [-0.15, -0.1) is 0 Å². The molecular formula is C11H8FNO3. The van der Waals surface area contributed by atoms with E-state index in [4.69, 9.17) is 9.15 Å². The summed E-state index contributed by atoms with van der Waals surface area (Å²) in [7, 11) is 1.38. The molecule has 0 radical (unpaired) electrons. The maximum atomic E-state index is 13.4. The highest BCUT2D eigenvalue weighted by molar-refractivity contribution is 5.82. The van der Waals surface area contributed by atoms with Gasteiger partial charge in [0.05, 0.1) is 7.11 Å². The Morgan fingerprint density at radius 2 is 2.31 bits per heavy atom. The number of carbonyl (C=O) groups excluding carboxylic acids is 1. The molecule has 0 bridgehead atoms. The highest BCUT2D eigenvalue weighted by Crippen LogP contribution is 2.26. The Kier molecular flexibility index (Phi) is 2.68. The van der Waals surface area contributed by atoms with Gasteiger partial charge in [-0.25, -0.2) is 9.37 Å². The van der Waals surface area contributed by atoms with Crippen LogP contribution in [-0.4, -0.2) is 18.4 Å². The molecular weight excluding hydrogens is 213 g/mol. The number of hydrogen-bond acceptors (Lipinski definition) is 4. The van der Waals surface area contributed by atoms with Crippen LogP contribution in [0.5, 0.6) is 5.75 Å². The van der Waals surface area contributed by atoms with Crippen molar-refractivity contribution in [2.24, 2.45) is 0 Å². The molecule has 2 aromatic rings. The van der Waals surface area contributed by atoms with Gasteiger partial charge in [0.25, 0.3) is 0 Å². The molecule has 0 saturated carbocycles. The van der Waals surface area contributed by atoms with Gasteiger partial charge < -0.3 is 9.15 Å². The van der Waals surface area contributed by atoms with Crippen LogP contribution in [0.2, 0.25) is 0 Å². The van der Waals surface area contributed by atoms with Gasteiger partial charge >= 0.3 is 0 Å². The molecule has 1 aromatic heterocycles. The summed E-state index contributed by atoms with van der Waals surface area (Å²) in [6.45, 7) is 0. The number of halogens is 1. The fourth-order valence-electron chi connectivity index (χ4n) is 1.37. The highest BCUT2D eigenvalue weighted by Gasteiger charge is 2.12. The van der Waals surface area contributed by atoms with Crippen LogP contribution in [0.3, 0.4) is 0 Å². The van der Waals surface area contributed by atoms with Crippen LogP contribution in [0, 0.1) is 5.82 Å². The van der Waals surface area contributed by atoms with Gasteiger partial charge in [0.2, 0.25) is 0 Å². The second kappa shape index (κ2) is 4.14. The zero-order chi connectivity index (χ0) is 11.5.